The molecule has 0 saturated heterocycles. The van der Waals surface area contributed by atoms with Crippen molar-refractivity contribution in [1.29, 1.82) is 5.26 Å². The zero-order valence-corrected chi connectivity index (χ0v) is 11.3. The lowest BCUT2D eigenvalue weighted by Gasteiger charge is -2.03. The predicted octanol–water partition coefficient (Wildman–Crippen LogP) is 5.04. The van der Waals surface area contributed by atoms with Crippen molar-refractivity contribution < 1.29 is 4.39 Å². The van der Waals surface area contributed by atoms with Crippen LogP contribution in [0, 0.1) is 17.1 Å². The number of rotatable bonds is 2. The van der Waals surface area contributed by atoms with Gasteiger partial charge in [-0.15, -0.1) is 0 Å². The largest absolute Gasteiger partial charge is 0.206 e. The number of nitriles is 1. The van der Waals surface area contributed by atoms with Crippen LogP contribution in [-0.4, -0.2) is 0 Å². The lowest BCUT2D eigenvalue weighted by atomic mass is 10.00. The van der Waals surface area contributed by atoms with E-state index in [-0.39, 0.29) is 5.82 Å². The van der Waals surface area contributed by atoms with E-state index in [0.29, 0.717) is 11.1 Å². The quantitative estimate of drug-likeness (QED) is 0.474. The molecule has 3 aromatic carbocycles. The fourth-order valence-electron chi connectivity index (χ4n) is 2.28. The average molecular weight is 273 g/mol. The molecule has 0 bridgehead atoms. The Balaban J connectivity index is 2.10. The number of nitrogens with zero attached hydrogens (tertiary/aromatic N) is 1. The Hall–Kier alpha value is -2.92. The van der Waals surface area contributed by atoms with E-state index in [0.717, 1.165) is 16.3 Å². The summed E-state index contributed by atoms with van der Waals surface area (Å²) < 4.78 is 13.7. The van der Waals surface area contributed by atoms with Crippen LogP contribution in [0.4, 0.5) is 4.39 Å². The van der Waals surface area contributed by atoms with Crippen molar-refractivity contribution in [3.05, 3.63) is 83.7 Å². The van der Waals surface area contributed by atoms with E-state index >= 15 is 0 Å². The molecule has 0 N–H and O–H groups in total. The molecule has 0 heterocycles. The zero-order chi connectivity index (χ0) is 14.7. The summed E-state index contributed by atoms with van der Waals surface area (Å²) in [5.74, 6) is -0.328. The topological polar surface area (TPSA) is 23.8 Å². The molecule has 0 saturated carbocycles. The van der Waals surface area contributed by atoms with Gasteiger partial charge in [0.1, 0.15) is 5.82 Å². The summed E-state index contributed by atoms with van der Waals surface area (Å²) in [6, 6.07) is 22.3. The highest BCUT2D eigenvalue weighted by atomic mass is 19.1. The molecular weight excluding hydrogens is 261 g/mol. The highest BCUT2D eigenvalue weighted by Gasteiger charge is 2.04. The van der Waals surface area contributed by atoms with Crippen LogP contribution in [0.5, 0.6) is 0 Å². The van der Waals surface area contributed by atoms with Crippen LogP contribution in [-0.2, 0) is 0 Å². The molecule has 0 aliphatic rings. The van der Waals surface area contributed by atoms with Crippen LogP contribution in [0.25, 0.3) is 22.4 Å². The van der Waals surface area contributed by atoms with E-state index in [4.69, 9.17) is 0 Å². The summed E-state index contributed by atoms with van der Waals surface area (Å²) in [7, 11) is 0. The number of halogens is 1. The average Bonchev–Trinajstić information content (AvgIpc) is 2.54. The maximum Gasteiger partial charge on any atom is 0.130 e. The summed E-state index contributed by atoms with van der Waals surface area (Å²) in [6.45, 7) is 0. The smallest absolute Gasteiger partial charge is 0.130 e. The van der Waals surface area contributed by atoms with Crippen LogP contribution in [0.3, 0.4) is 0 Å². The first-order chi connectivity index (χ1) is 10.3. The normalized spacial score (nSPS) is 11.3. The van der Waals surface area contributed by atoms with Crippen molar-refractivity contribution in [3.8, 4) is 6.07 Å². The standard InChI is InChI=1S/C19H12FN/c20-19-8-4-3-7-17(19)12-18(13-21)16-10-9-14-5-1-2-6-15(14)11-16/h1-12H/b18-12-. The second-order valence-electron chi connectivity index (χ2n) is 4.75. The minimum absolute atomic E-state index is 0.328. The van der Waals surface area contributed by atoms with E-state index in [1.807, 2.05) is 42.5 Å². The molecule has 0 spiro atoms. The van der Waals surface area contributed by atoms with Gasteiger partial charge in [-0.05, 0) is 34.5 Å². The van der Waals surface area contributed by atoms with E-state index < -0.39 is 0 Å². The van der Waals surface area contributed by atoms with Gasteiger partial charge in [0.2, 0.25) is 0 Å². The minimum atomic E-state index is -0.328. The summed E-state index contributed by atoms with van der Waals surface area (Å²) in [4.78, 5) is 0. The highest BCUT2D eigenvalue weighted by Crippen LogP contribution is 2.23. The van der Waals surface area contributed by atoms with E-state index in [1.54, 1.807) is 24.3 Å². The zero-order valence-electron chi connectivity index (χ0n) is 11.3. The van der Waals surface area contributed by atoms with Gasteiger partial charge in [-0.1, -0.05) is 54.6 Å². The first-order valence-electron chi connectivity index (χ1n) is 6.63. The van der Waals surface area contributed by atoms with Crippen LogP contribution in [0.1, 0.15) is 11.1 Å². The maximum absolute atomic E-state index is 13.7. The first-order valence-corrected chi connectivity index (χ1v) is 6.63. The Kier molecular flexibility index (Phi) is 3.49. The molecule has 3 rings (SSSR count). The molecule has 0 radical (unpaired) electrons. The lowest BCUT2D eigenvalue weighted by Crippen LogP contribution is -1.85. The van der Waals surface area contributed by atoms with Gasteiger partial charge in [-0.2, -0.15) is 5.26 Å². The molecular formula is C19H12FN. The molecule has 1 nitrogen and oxygen atoms in total. The Morgan fingerprint density at radius 2 is 1.62 bits per heavy atom. The Labute approximate surface area is 122 Å². The summed E-state index contributed by atoms with van der Waals surface area (Å²) in [5, 5.41) is 11.5. The van der Waals surface area contributed by atoms with Gasteiger partial charge in [0, 0.05) is 5.56 Å². The van der Waals surface area contributed by atoms with E-state index in [2.05, 4.69) is 6.07 Å². The number of fused-ring (bicyclic) bond motifs is 1. The second-order valence-corrected chi connectivity index (χ2v) is 4.75. The molecule has 0 atom stereocenters. The van der Waals surface area contributed by atoms with Crippen molar-refractivity contribution in [2.24, 2.45) is 0 Å². The number of hydrogen-bond acceptors (Lipinski definition) is 1. The van der Waals surface area contributed by atoms with Crippen LogP contribution >= 0.6 is 0 Å². The lowest BCUT2D eigenvalue weighted by molar-refractivity contribution is 0.625. The minimum Gasteiger partial charge on any atom is -0.206 e. The summed E-state index contributed by atoms with van der Waals surface area (Å²) >= 11 is 0. The monoisotopic (exact) mass is 273 g/mol. The predicted molar refractivity (Wildman–Crippen MR) is 83.8 cm³/mol. The molecule has 0 fully saturated rings. The van der Waals surface area contributed by atoms with Crippen molar-refractivity contribution in [3.63, 3.8) is 0 Å². The third kappa shape index (κ3) is 2.68. The number of allylic oxidation sites excluding steroid dienone is 1. The Bertz CT molecular complexity index is 872. The molecule has 3 aromatic rings. The van der Waals surface area contributed by atoms with Crippen LogP contribution in [0.2, 0.25) is 0 Å². The summed E-state index contributed by atoms with van der Waals surface area (Å²) in [6.07, 6.45) is 1.58. The third-order valence-corrected chi connectivity index (χ3v) is 3.39. The molecule has 0 unspecified atom stereocenters. The molecule has 0 amide bonds. The van der Waals surface area contributed by atoms with Gasteiger partial charge in [-0.3, -0.25) is 0 Å². The van der Waals surface area contributed by atoms with Crippen molar-refractivity contribution in [2.75, 3.05) is 0 Å². The molecule has 0 aliphatic heterocycles. The van der Waals surface area contributed by atoms with Crippen molar-refractivity contribution in [2.45, 2.75) is 0 Å². The van der Waals surface area contributed by atoms with Gasteiger partial charge in [0.25, 0.3) is 0 Å². The van der Waals surface area contributed by atoms with Crippen molar-refractivity contribution >= 4 is 22.4 Å². The molecule has 21 heavy (non-hydrogen) atoms. The molecule has 2 heteroatoms. The maximum atomic E-state index is 13.7. The molecule has 100 valence electrons. The fraction of sp³-hybridized carbons (Fsp3) is 0. The SMILES string of the molecule is N#C/C(=C/c1ccccc1F)c1ccc2ccccc2c1. The van der Waals surface area contributed by atoms with Gasteiger partial charge in [0.15, 0.2) is 0 Å². The summed E-state index contributed by atoms with van der Waals surface area (Å²) in [5.41, 5.74) is 1.66. The first kappa shape index (κ1) is 13.1. The number of hydrogen-bond donors (Lipinski definition) is 0. The molecule has 0 aromatic heterocycles. The van der Waals surface area contributed by atoms with Crippen LogP contribution < -0.4 is 0 Å². The van der Waals surface area contributed by atoms with Crippen LogP contribution in [0.15, 0.2) is 66.7 Å². The van der Waals surface area contributed by atoms with Crippen molar-refractivity contribution in [1.82, 2.24) is 0 Å². The second kappa shape index (κ2) is 5.60. The Morgan fingerprint density at radius 3 is 2.38 bits per heavy atom. The molecule has 0 aliphatic carbocycles. The van der Waals surface area contributed by atoms with Gasteiger partial charge >= 0.3 is 0 Å². The third-order valence-electron chi connectivity index (χ3n) is 3.39. The number of benzene rings is 3. The van der Waals surface area contributed by atoms with Gasteiger partial charge < -0.3 is 0 Å². The van der Waals surface area contributed by atoms with Gasteiger partial charge in [-0.25, -0.2) is 4.39 Å². The van der Waals surface area contributed by atoms with E-state index in [9.17, 15) is 9.65 Å². The van der Waals surface area contributed by atoms with Gasteiger partial charge in [0.05, 0.1) is 11.6 Å². The Morgan fingerprint density at radius 1 is 0.905 bits per heavy atom. The van der Waals surface area contributed by atoms with E-state index in [1.165, 1.54) is 6.07 Å². The fourth-order valence-corrected chi connectivity index (χ4v) is 2.28. The highest BCUT2D eigenvalue weighted by molar-refractivity contribution is 5.94.